The molecule has 0 saturated heterocycles. The third-order valence-corrected chi connectivity index (χ3v) is 2.84. The zero-order valence-corrected chi connectivity index (χ0v) is 18.5. The van der Waals surface area contributed by atoms with Gasteiger partial charge in [-0.15, -0.1) is 0 Å². The van der Waals surface area contributed by atoms with Crippen LogP contribution in [0.3, 0.4) is 0 Å². The molecule has 4 rings (SSSR count). The van der Waals surface area contributed by atoms with Gasteiger partial charge in [0.25, 0.3) is 0 Å². The van der Waals surface area contributed by atoms with Crippen LogP contribution in [0.4, 0.5) is 0 Å². The summed E-state index contributed by atoms with van der Waals surface area (Å²) in [6.07, 6.45) is 0. The Morgan fingerprint density at radius 1 is 0.560 bits per heavy atom. The van der Waals surface area contributed by atoms with Crippen molar-refractivity contribution in [2.24, 2.45) is 0 Å². The predicted octanol–water partition coefficient (Wildman–Crippen LogP) is 6.40. The Morgan fingerprint density at radius 2 is 0.920 bits per heavy atom. The maximum atomic E-state index is 3.03. The van der Waals surface area contributed by atoms with Gasteiger partial charge in [0.2, 0.25) is 0 Å². The molecule has 0 aliphatic heterocycles. The van der Waals surface area contributed by atoms with Gasteiger partial charge in [-0.3, -0.25) is 0 Å². The van der Waals surface area contributed by atoms with E-state index >= 15 is 0 Å². The Labute approximate surface area is 171 Å². The minimum atomic E-state index is 0. The summed E-state index contributed by atoms with van der Waals surface area (Å²) >= 11 is 0. The Bertz CT molecular complexity index is 567. The summed E-state index contributed by atoms with van der Waals surface area (Å²) in [6.45, 7) is 4.06. The summed E-state index contributed by atoms with van der Waals surface area (Å²) in [4.78, 5) is 0. The smallest absolute Gasteiger partial charge is 0.214 e. The second kappa shape index (κ2) is 16.9. The van der Waals surface area contributed by atoms with Gasteiger partial charge in [0.1, 0.15) is 0 Å². The fourth-order valence-corrected chi connectivity index (χ4v) is 1.61. The standard InChI is InChI=1S/2C7H7.2C5H5.Hf/c2*1-7-5-3-2-4-6-7;2*1-2-4-5-3-1;/h2*2-5H,1H3;2*1-5H;/q4*-1;+4. The molecule has 4 aromatic carbocycles. The first-order valence-corrected chi connectivity index (χ1v) is 7.99. The van der Waals surface area contributed by atoms with E-state index in [2.05, 4.69) is 12.1 Å². The van der Waals surface area contributed by atoms with E-state index in [9.17, 15) is 0 Å². The Hall–Kier alpha value is -1.99. The van der Waals surface area contributed by atoms with Crippen molar-refractivity contribution >= 4 is 0 Å². The van der Waals surface area contributed by atoms with Gasteiger partial charge in [-0.25, -0.2) is 24.3 Å². The zero-order valence-electron chi connectivity index (χ0n) is 14.9. The van der Waals surface area contributed by atoms with Crippen molar-refractivity contribution in [3.05, 3.63) is 132 Å². The molecular formula is C24H24Hf. The minimum Gasteiger partial charge on any atom is -0.214 e. The first-order chi connectivity index (χ1) is 11.8. The van der Waals surface area contributed by atoms with E-state index < -0.39 is 0 Å². The number of aryl methyl sites for hydroxylation is 2. The summed E-state index contributed by atoms with van der Waals surface area (Å²) in [7, 11) is 0. The Morgan fingerprint density at radius 3 is 1.04 bits per heavy atom. The third kappa shape index (κ3) is 15.3. The van der Waals surface area contributed by atoms with E-state index in [0.29, 0.717) is 0 Å². The molecule has 0 N–H and O–H groups in total. The van der Waals surface area contributed by atoms with E-state index in [0.717, 1.165) is 0 Å². The van der Waals surface area contributed by atoms with Gasteiger partial charge in [0.05, 0.1) is 0 Å². The molecule has 0 atom stereocenters. The van der Waals surface area contributed by atoms with Crippen LogP contribution in [0, 0.1) is 26.0 Å². The van der Waals surface area contributed by atoms with E-state index in [-0.39, 0.29) is 25.8 Å². The molecule has 124 valence electrons. The van der Waals surface area contributed by atoms with Crippen LogP contribution in [-0.2, 0) is 25.8 Å². The maximum Gasteiger partial charge on any atom is 4.00 e. The van der Waals surface area contributed by atoms with Gasteiger partial charge in [-0.2, -0.15) is 108 Å². The molecule has 0 aliphatic rings. The first kappa shape index (κ1) is 23.0. The molecule has 0 nitrogen and oxygen atoms in total. The number of rotatable bonds is 0. The van der Waals surface area contributed by atoms with E-state index in [1.165, 1.54) is 11.1 Å². The van der Waals surface area contributed by atoms with Crippen LogP contribution in [0.25, 0.3) is 0 Å². The van der Waals surface area contributed by atoms with Crippen LogP contribution in [0.2, 0.25) is 0 Å². The second-order valence-corrected chi connectivity index (χ2v) is 5.02. The normalized spacial score (nSPS) is 8.08. The summed E-state index contributed by atoms with van der Waals surface area (Å²) < 4.78 is 0. The largest absolute Gasteiger partial charge is 4.00 e. The molecular weight excluding hydrogens is 467 g/mol. The molecule has 0 aliphatic carbocycles. The number of hydrogen-bond acceptors (Lipinski definition) is 0. The quantitative estimate of drug-likeness (QED) is 0.198. The van der Waals surface area contributed by atoms with Crippen molar-refractivity contribution in [1.29, 1.82) is 0 Å². The molecule has 0 heterocycles. The summed E-state index contributed by atoms with van der Waals surface area (Å²) in [5, 5.41) is 0. The number of hydrogen-bond donors (Lipinski definition) is 0. The third-order valence-electron chi connectivity index (χ3n) is 2.84. The van der Waals surface area contributed by atoms with E-state index in [1.807, 2.05) is 123 Å². The molecule has 4 aromatic rings. The zero-order chi connectivity index (χ0) is 17.3. The van der Waals surface area contributed by atoms with Crippen LogP contribution in [-0.4, -0.2) is 0 Å². The molecule has 0 unspecified atom stereocenters. The topological polar surface area (TPSA) is 0 Å². The van der Waals surface area contributed by atoms with Gasteiger partial charge >= 0.3 is 25.8 Å². The van der Waals surface area contributed by atoms with Crippen molar-refractivity contribution in [3.63, 3.8) is 0 Å². The number of benzene rings is 2. The monoisotopic (exact) mass is 492 g/mol. The molecule has 0 saturated carbocycles. The molecule has 1 heteroatoms. The van der Waals surface area contributed by atoms with Crippen LogP contribution in [0.5, 0.6) is 0 Å². The van der Waals surface area contributed by atoms with Crippen molar-refractivity contribution < 1.29 is 25.8 Å². The van der Waals surface area contributed by atoms with Crippen LogP contribution in [0.1, 0.15) is 11.1 Å². The van der Waals surface area contributed by atoms with Gasteiger partial charge in [0, 0.05) is 0 Å². The van der Waals surface area contributed by atoms with Crippen molar-refractivity contribution in [1.82, 2.24) is 0 Å². The van der Waals surface area contributed by atoms with Crippen molar-refractivity contribution in [2.75, 3.05) is 0 Å². The average Bonchev–Trinajstić information content (AvgIpc) is 3.36. The Kier molecular flexibility index (Phi) is 15.5. The first-order valence-electron chi connectivity index (χ1n) is 7.99. The SMILES string of the molecule is Cc1[c-]cccc1.Cc1[c-]cccc1.[Hf+4].c1cc[cH-]c1.c1cc[cH-]c1. The van der Waals surface area contributed by atoms with Crippen molar-refractivity contribution in [3.8, 4) is 0 Å². The van der Waals surface area contributed by atoms with Gasteiger partial charge in [0.15, 0.2) is 0 Å². The molecule has 25 heavy (non-hydrogen) atoms. The summed E-state index contributed by atoms with van der Waals surface area (Å²) in [5.41, 5.74) is 2.39. The van der Waals surface area contributed by atoms with Gasteiger partial charge in [-0.1, -0.05) is 13.8 Å². The molecule has 0 aromatic heterocycles. The van der Waals surface area contributed by atoms with E-state index in [4.69, 9.17) is 0 Å². The molecule has 0 amide bonds. The maximum absolute atomic E-state index is 3.03. The molecule has 0 bridgehead atoms. The van der Waals surface area contributed by atoms with Crippen LogP contribution >= 0.6 is 0 Å². The minimum absolute atomic E-state index is 0. The molecule has 0 radical (unpaired) electrons. The Balaban J connectivity index is 0.000000307. The predicted molar refractivity (Wildman–Crippen MR) is 104 cm³/mol. The van der Waals surface area contributed by atoms with Crippen LogP contribution < -0.4 is 0 Å². The summed E-state index contributed by atoms with van der Waals surface area (Å²) in [6, 6.07) is 41.9. The average molecular weight is 491 g/mol. The second-order valence-electron chi connectivity index (χ2n) is 5.02. The molecule has 0 fully saturated rings. The molecule has 0 spiro atoms. The van der Waals surface area contributed by atoms with Crippen molar-refractivity contribution in [2.45, 2.75) is 13.8 Å². The van der Waals surface area contributed by atoms with Gasteiger partial charge in [-0.05, 0) is 0 Å². The fourth-order valence-electron chi connectivity index (χ4n) is 1.61. The summed E-state index contributed by atoms with van der Waals surface area (Å²) in [5.74, 6) is 0. The fraction of sp³-hybridized carbons (Fsp3) is 0.0833. The van der Waals surface area contributed by atoms with E-state index in [1.54, 1.807) is 0 Å². The van der Waals surface area contributed by atoms with Crippen LogP contribution in [0.15, 0.2) is 109 Å². The van der Waals surface area contributed by atoms with Gasteiger partial charge < -0.3 is 0 Å².